The fourth-order valence-electron chi connectivity index (χ4n) is 2.96. The highest BCUT2D eigenvalue weighted by molar-refractivity contribution is 7.12. The Morgan fingerprint density at radius 3 is 2.58 bits per heavy atom. The minimum Gasteiger partial charge on any atom is -0.496 e. The standard InChI is InChI=1S/C23H22ClNO5S/c1-3-8-30-17-5-6-18(19(24)11-17)22(26)25-12-15-9-14(4-7-20(15)29-2)16-10-21(23(27)28)31-13-16/h4-7,9-11,13H,3,8,12H2,1-2H3,(H,25,26)(H,27,28). The van der Waals surface area contributed by atoms with E-state index < -0.39 is 5.97 Å². The molecule has 162 valence electrons. The number of carboxylic acid groups (broad SMARTS) is 1. The van der Waals surface area contributed by atoms with Crippen molar-refractivity contribution in [3.8, 4) is 22.6 Å². The van der Waals surface area contributed by atoms with E-state index >= 15 is 0 Å². The predicted octanol–water partition coefficient (Wildman–Crippen LogP) is 5.49. The molecule has 3 rings (SSSR count). The second kappa shape index (κ2) is 10.3. The molecule has 1 amide bonds. The van der Waals surface area contributed by atoms with Gasteiger partial charge in [0.2, 0.25) is 0 Å². The second-order valence-electron chi connectivity index (χ2n) is 6.70. The van der Waals surface area contributed by atoms with Gasteiger partial charge in [-0.05, 0) is 59.3 Å². The number of carbonyl (C=O) groups is 2. The minimum absolute atomic E-state index is 0.218. The fourth-order valence-corrected chi connectivity index (χ4v) is 3.97. The molecule has 0 aliphatic heterocycles. The summed E-state index contributed by atoms with van der Waals surface area (Å²) in [6.07, 6.45) is 0.879. The number of nitrogens with one attached hydrogen (secondary N) is 1. The average molecular weight is 460 g/mol. The third kappa shape index (κ3) is 5.57. The molecule has 0 saturated heterocycles. The first-order valence-corrected chi connectivity index (χ1v) is 10.9. The molecular formula is C23H22ClNO5S. The Kier molecular flexibility index (Phi) is 7.55. The van der Waals surface area contributed by atoms with E-state index in [2.05, 4.69) is 5.32 Å². The molecule has 0 radical (unpaired) electrons. The maximum atomic E-state index is 12.7. The maximum Gasteiger partial charge on any atom is 0.345 e. The zero-order valence-electron chi connectivity index (χ0n) is 17.1. The molecule has 1 aromatic heterocycles. The minimum atomic E-state index is -0.958. The van der Waals surface area contributed by atoms with Crippen LogP contribution in [-0.2, 0) is 6.54 Å². The highest BCUT2D eigenvalue weighted by Gasteiger charge is 2.14. The van der Waals surface area contributed by atoms with E-state index in [1.807, 2.05) is 19.1 Å². The Hall–Kier alpha value is -3.03. The van der Waals surface area contributed by atoms with Crippen molar-refractivity contribution >= 4 is 34.8 Å². The summed E-state index contributed by atoms with van der Waals surface area (Å²) in [5, 5.41) is 14.1. The zero-order chi connectivity index (χ0) is 22.4. The van der Waals surface area contributed by atoms with Crippen LogP contribution in [0.2, 0.25) is 5.02 Å². The van der Waals surface area contributed by atoms with Gasteiger partial charge >= 0.3 is 5.97 Å². The molecule has 3 aromatic rings. The van der Waals surface area contributed by atoms with E-state index in [1.54, 1.807) is 42.8 Å². The molecule has 31 heavy (non-hydrogen) atoms. The Morgan fingerprint density at radius 1 is 1.13 bits per heavy atom. The van der Waals surface area contributed by atoms with E-state index in [4.69, 9.17) is 26.2 Å². The van der Waals surface area contributed by atoms with E-state index in [1.165, 1.54) is 11.3 Å². The lowest BCUT2D eigenvalue weighted by Gasteiger charge is -2.13. The van der Waals surface area contributed by atoms with Crippen molar-refractivity contribution in [2.75, 3.05) is 13.7 Å². The fraction of sp³-hybridized carbons (Fsp3) is 0.217. The third-order valence-electron chi connectivity index (χ3n) is 4.52. The third-order valence-corrected chi connectivity index (χ3v) is 5.75. The van der Waals surface area contributed by atoms with Crippen molar-refractivity contribution in [2.45, 2.75) is 19.9 Å². The van der Waals surface area contributed by atoms with Crippen molar-refractivity contribution in [3.63, 3.8) is 0 Å². The van der Waals surface area contributed by atoms with Crippen molar-refractivity contribution in [3.05, 3.63) is 68.9 Å². The molecule has 6 nitrogen and oxygen atoms in total. The number of ether oxygens (including phenoxy) is 2. The summed E-state index contributed by atoms with van der Waals surface area (Å²) in [7, 11) is 1.55. The number of methoxy groups -OCH3 is 1. The summed E-state index contributed by atoms with van der Waals surface area (Å²) < 4.78 is 10.9. The second-order valence-corrected chi connectivity index (χ2v) is 8.02. The number of benzene rings is 2. The smallest absolute Gasteiger partial charge is 0.345 e. The van der Waals surface area contributed by atoms with E-state index in [0.29, 0.717) is 28.7 Å². The quantitative estimate of drug-likeness (QED) is 0.441. The van der Waals surface area contributed by atoms with E-state index in [0.717, 1.165) is 23.1 Å². The van der Waals surface area contributed by atoms with Gasteiger partial charge in [-0.3, -0.25) is 4.79 Å². The molecule has 0 saturated carbocycles. The van der Waals surface area contributed by atoms with Crippen LogP contribution in [0.1, 0.15) is 38.9 Å². The van der Waals surface area contributed by atoms with Gasteiger partial charge in [0.15, 0.2) is 0 Å². The van der Waals surface area contributed by atoms with Crippen LogP contribution in [0.25, 0.3) is 11.1 Å². The van der Waals surface area contributed by atoms with Crippen LogP contribution in [0, 0.1) is 0 Å². The Bertz CT molecular complexity index is 1100. The molecule has 0 aliphatic carbocycles. The highest BCUT2D eigenvalue weighted by Crippen LogP contribution is 2.30. The van der Waals surface area contributed by atoms with Gasteiger partial charge in [-0.1, -0.05) is 24.6 Å². The number of carboxylic acids is 1. The number of hydrogen-bond acceptors (Lipinski definition) is 5. The topological polar surface area (TPSA) is 84.9 Å². The molecule has 1 heterocycles. The number of carbonyl (C=O) groups excluding carboxylic acids is 1. The van der Waals surface area contributed by atoms with Crippen LogP contribution in [-0.4, -0.2) is 30.7 Å². The van der Waals surface area contributed by atoms with Gasteiger partial charge in [0.25, 0.3) is 5.91 Å². The summed E-state index contributed by atoms with van der Waals surface area (Å²) in [5.74, 6) is -0.0372. The number of amides is 1. The first kappa shape index (κ1) is 22.7. The summed E-state index contributed by atoms with van der Waals surface area (Å²) >= 11 is 7.43. The molecule has 8 heteroatoms. The molecular weight excluding hydrogens is 438 g/mol. The lowest BCUT2D eigenvalue weighted by molar-refractivity contribution is 0.0702. The molecule has 2 aromatic carbocycles. The lowest BCUT2D eigenvalue weighted by atomic mass is 10.0. The van der Waals surface area contributed by atoms with Gasteiger partial charge in [-0.25, -0.2) is 4.79 Å². The molecule has 0 fully saturated rings. The average Bonchev–Trinajstić information content (AvgIpc) is 3.26. The SMILES string of the molecule is CCCOc1ccc(C(=O)NCc2cc(-c3csc(C(=O)O)c3)ccc2OC)c(Cl)c1. The first-order valence-electron chi connectivity index (χ1n) is 9.62. The summed E-state index contributed by atoms with van der Waals surface area (Å²) in [4.78, 5) is 24.1. The summed E-state index contributed by atoms with van der Waals surface area (Å²) in [6, 6.07) is 12.1. The lowest BCUT2D eigenvalue weighted by Crippen LogP contribution is -2.23. The van der Waals surface area contributed by atoms with Crippen LogP contribution < -0.4 is 14.8 Å². The van der Waals surface area contributed by atoms with Gasteiger partial charge in [-0.15, -0.1) is 11.3 Å². The Labute approximate surface area is 189 Å². The molecule has 0 unspecified atom stereocenters. The first-order chi connectivity index (χ1) is 14.9. The molecule has 2 N–H and O–H groups in total. The van der Waals surface area contributed by atoms with Crippen LogP contribution in [0.3, 0.4) is 0 Å². The van der Waals surface area contributed by atoms with Crippen molar-refractivity contribution in [1.29, 1.82) is 0 Å². The van der Waals surface area contributed by atoms with Crippen LogP contribution in [0.15, 0.2) is 47.8 Å². The summed E-state index contributed by atoms with van der Waals surface area (Å²) in [5.41, 5.74) is 2.74. The van der Waals surface area contributed by atoms with Gasteiger partial charge in [0.05, 0.1) is 24.3 Å². The monoisotopic (exact) mass is 459 g/mol. The van der Waals surface area contributed by atoms with Crippen LogP contribution in [0.5, 0.6) is 11.5 Å². The largest absolute Gasteiger partial charge is 0.496 e. The number of rotatable bonds is 9. The van der Waals surface area contributed by atoms with Gasteiger partial charge in [0, 0.05) is 12.1 Å². The molecule has 0 spiro atoms. The molecule has 0 atom stereocenters. The van der Waals surface area contributed by atoms with Crippen LogP contribution in [0.4, 0.5) is 0 Å². The van der Waals surface area contributed by atoms with Gasteiger partial charge < -0.3 is 19.9 Å². The van der Waals surface area contributed by atoms with E-state index in [9.17, 15) is 9.59 Å². The number of thiophene rings is 1. The maximum absolute atomic E-state index is 12.7. The number of aromatic carboxylic acids is 1. The number of hydrogen-bond donors (Lipinski definition) is 2. The summed E-state index contributed by atoms with van der Waals surface area (Å²) in [6.45, 7) is 2.81. The van der Waals surface area contributed by atoms with Gasteiger partial charge in [-0.2, -0.15) is 0 Å². The number of halogens is 1. The zero-order valence-corrected chi connectivity index (χ0v) is 18.7. The van der Waals surface area contributed by atoms with Crippen molar-refractivity contribution in [2.24, 2.45) is 0 Å². The van der Waals surface area contributed by atoms with Crippen molar-refractivity contribution < 1.29 is 24.2 Å². The normalized spacial score (nSPS) is 10.5. The Morgan fingerprint density at radius 2 is 1.94 bits per heavy atom. The van der Waals surface area contributed by atoms with Crippen molar-refractivity contribution in [1.82, 2.24) is 5.32 Å². The van der Waals surface area contributed by atoms with Crippen LogP contribution >= 0.6 is 22.9 Å². The predicted molar refractivity (Wildman–Crippen MR) is 122 cm³/mol. The molecule has 0 bridgehead atoms. The molecule has 0 aliphatic rings. The van der Waals surface area contributed by atoms with E-state index in [-0.39, 0.29) is 17.3 Å². The highest BCUT2D eigenvalue weighted by atomic mass is 35.5. The Balaban J connectivity index is 1.75. The van der Waals surface area contributed by atoms with Gasteiger partial charge in [0.1, 0.15) is 16.4 Å².